The summed E-state index contributed by atoms with van der Waals surface area (Å²) in [7, 11) is 0. The maximum absolute atomic E-state index is 9.37. The van der Waals surface area contributed by atoms with E-state index in [1.54, 1.807) is 6.92 Å². The Bertz CT molecular complexity index is 207. The van der Waals surface area contributed by atoms with Crippen molar-refractivity contribution >= 4 is 64.3 Å². The van der Waals surface area contributed by atoms with Gasteiger partial charge in [0.15, 0.2) is 0 Å². The molecule has 0 aliphatic rings. The molecule has 0 aromatic rings. The summed E-state index contributed by atoms with van der Waals surface area (Å²) in [6, 6.07) is 0. The van der Waals surface area contributed by atoms with E-state index in [1.807, 2.05) is 0 Å². The molecule has 0 spiro atoms. The summed E-state index contributed by atoms with van der Waals surface area (Å²) in [5.74, 6) is -0.745. The van der Waals surface area contributed by atoms with Crippen LogP contribution in [0.25, 0.3) is 0 Å². The van der Waals surface area contributed by atoms with Crippen molar-refractivity contribution in [1.82, 2.24) is 10.6 Å². The van der Waals surface area contributed by atoms with Crippen LogP contribution in [0, 0.1) is 0 Å². The molecule has 15 heavy (non-hydrogen) atoms. The van der Waals surface area contributed by atoms with E-state index in [9.17, 15) is 4.79 Å². The Morgan fingerprint density at radius 2 is 1.47 bits per heavy atom. The van der Waals surface area contributed by atoms with Crippen LogP contribution in [0.2, 0.25) is 0 Å². The third-order valence-electron chi connectivity index (χ3n) is 0.980. The fourth-order valence-electron chi connectivity index (χ4n) is 0.339. The molecular formula is C7H14N2O2S4. The number of hydrogen-bond donors (Lipinski definition) is 5. The maximum atomic E-state index is 9.37. The first-order valence-electron chi connectivity index (χ1n) is 4.05. The largest absolute Gasteiger partial charge is 0.481 e. The molecule has 8 heteroatoms. The Hall–Kier alpha value is -0.0500. The van der Waals surface area contributed by atoms with Gasteiger partial charge < -0.3 is 15.7 Å². The Labute approximate surface area is 111 Å². The second-order valence-corrected chi connectivity index (χ2v) is 4.53. The highest BCUT2D eigenvalue weighted by atomic mass is 32.1. The van der Waals surface area contributed by atoms with Crippen LogP contribution in [0.5, 0.6) is 0 Å². The number of thiol groups is 2. The molecule has 0 aliphatic heterocycles. The van der Waals surface area contributed by atoms with Gasteiger partial charge in [-0.1, -0.05) is 31.4 Å². The molecule has 0 saturated heterocycles. The fraction of sp³-hybridized carbons (Fsp3) is 0.571. The predicted octanol–water partition coefficient (Wildman–Crippen LogP) is 1.08. The van der Waals surface area contributed by atoms with Crippen LogP contribution in [-0.4, -0.2) is 32.8 Å². The monoisotopic (exact) mass is 286 g/mol. The lowest BCUT2D eigenvalue weighted by Crippen LogP contribution is -2.29. The van der Waals surface area contributed by atoms with Crippen molar-refractivity contribution < 1.29 is 9.90 Å². The van der Waals surface area contributed by atoms with E-state index in [1.165, 1.54) is 0 Å². The van der Waals surface area contributed by atoms with E-state index in [0.717, 1.165) is 0 Å². The Morgan fingerprint density at radius 1 is 1.20 bits per heavy atom. The minimum atomic E-state index is -0.745. The summed E-state index contributed by atoms with van der Waals surface area (Å²) >= 11 is 17.0. The van der Waals surface area contributed by atoms with Crippen LogP contribution in [0.1, 0.15) is 13.3 Å². The Morgan fingerprint density at radius 3 is 1.60 bits per heavy atom. The summed E-state index contributed by atoms with van der Waals surface area (Å²) in [6.07, 6.45) is 0.222. The number of aliphatic carboxylic acids is 1. The third-order valence-corrected chi connectivity index (χ3v) is 1.58. The van der Waals surface area contributed by atoms with E-state index in [-0.39, 0.29) is 6.42 Å². The number of carboxylic acids is 1. The molecule has 0 amide bonds. The topological polar surface area (TPSA) is 61.4 Å². The third kappa shape index (κ3) is 24.9. The molecular weight excluding hydrogens is 272 g/mol. The molecule has 0 aromatic heterocycles. The molecule has 4 nitrogen and oxygen atoms in total. The standard InChI is InChI=1S/C4H8N2S4.C3H6O2/c7-3(8)5-1-2-6-4(9)10;1-2-3(4)5/h1-2H2,(H2,5,7,8)(H2,6,9,10);2H2,1H3,(H,4,5). The van der Waals surface area contributed by atoms with Crippen molar-refractivity contribution in [2.75, 3.05) is 13.1 Å². The number of hydrogen-bond acceptors (Lipinski definition) is 3. The summed E-state index contributed by atoms with van der Waals surface area (Å²) < 4.78 is 0.985. The SMILES string of the molecule is CCC(=O)O.S=C(S)NCCNC(=S)S. The molecule has 0 atom stereocenters. The van der Waals surface area contributed by atoms with Gasteiger partial charge in [0.1, 0.15) is 8.64 Å². The van der Waals surface area contributed by atoms with Crippen LogP contribution in [0.4, 0.5) is 0 Å². The second-order valence-electron chi connectivity index (χ2n) is 2.21. The summed E-state index contributed by atoms with van der Waals surface area (Å²) in [6.45, 7) is 3.02. The van der Waals surface area contributed by atoms with Crippen molar-refractivity contribution in [3.05, 3.63) is 0 Å². The molecule has 0 unspecified atom stereocenters. The summed E-state index contributed by atoms with van der Waals surface area (Å²) in [4.78, 5) is 9.37. The highest BCUT2D eigenvalue weighted by Gasteiger charge is 1.87. The van der Waals surface area contributed by atoms with Gasteiger partial charge in [0.05, 0.1) is 0 Å². The quantitative estimate of drug-likeness (QED) is 0.303. The van der Waals surface area contributed by atoms with Crippen LogP contribution in [-0.2, 0) is 4.79 Å². The highest BCUT2D eigenvalue weighted by Crippen LogP contribution is 1.77. The van der Waals surface area contributed by atoms with Gasteiger partial charge in [-0.3, -0.25) is 4.79 Å². The van der Waals surface area contributed by atoms with Crippen molar-refractivity contribution in [2.45, 2.75) is 13.3 Å². The van der Waals surface area contributed by atoms with Gasteiger partial charge in [-0.05, 0) is 0 Å². The lowest BCUT2D eigenvalue weighted by molar-refractivity contribution is -0.136. The number of nitrogens with one attached hydrogen (secondary N) is 2. The van der Waals surface area contributed by atoms with E-state index in [4.69, 9.17) is 5.11 Å². The zero-order chi connectivity index (χ0) is 12.3. The van der Waals surface area contributed by atoms with E-state index >= 15 is 0 Å². The van der Waals surface area contributed by atoms with Gasteiger partial charge in [0, 0.05) is 19.5 Å². The summed E-state index contributed by atoms with van der Waals surface area (Å²) in [5.41, 5.74) is 0. The molecule has 0 aliphatic carbocycles. The molecule has 88 valence electrons. The van der Waals surface area contributed by atoms with Crippen LogP contribution in [0.3, 0.4) is 0 Å². The molecule has 0 fully saturated rings. The first-order chi connectivity index (χ1) is 6.90. The number of rotatable bonds is 4. The summed E-state index contributed by atoms with van der Waals surface area (Å²) in [5, 5.41) is 13.4. The van der Waals surface area contributed by atoms with Crippen molar-refractivity contribution in [3.63, 3.8) is 0 Å². The van der Waals surface area contributed by atoms with Crippen LogP contribution >= 0.6 is 49.7 Å². The van der Waals surface area contributed by atoms with Gasteiger partial charge in [-0.15, -0.1) is 25.3 Å². The predicted molar refractivity (Wildman–Crippen MR) is 77.1 cm³/mol. The van der Waals surface area contributed by atoms with Crippen molar-refractivity contribution in [2.24, 2.45) is 0 Å². The number of carbonyl (C=O) groups is 1. The first kappa shape index (κ1) is 17.3. The lowest BCUT2D eigenvalue weighted by Gasteiger charge is -2.03. The Kier molecular flexibility index (Phi) is 13.9. The highest BCUT2D eigenvalue weighted by molar-refractivity contribution is 8.11. The molecule has 3 N–H and O–H groups in total. The molecule has 0 saturated carbocycles. The molecule has 0 heterocycles. The molecule has 0 radical (unpaired) electrons. The van der Waals surface area contributed by atoms with Gasteiger partial charge in [-0.2, -0.15) is 0 Å². The average molecular weight is 286 g/mol. The van der Waals surface area contributed by atoms with Crippen molar-refractivity contribution in [3.8, 4) is 0 Å². The van der Waals surface area contributed by atoms with Crippen molar-refractivity contribution in [1.29, 1.82) is 0 Å². The first-order valence-corrected chi connectivity index (χ1v) is 5.76. The number of carboxylic acid groups (broad SMARTS) is 1. The van der Waals surface area contributed by atoms with Crippen LogP contribution in [0.15, 0.2) is 0 Å². The van der Waals surface area contributed by atoms with E-state index < -0.39 is 5.97 Å². The van der Waals surface area contributed by atoms with Gasteiger partial charge in [-0.25, -0.2) is 0 Å². The maximum Gasteiger partial charge on any atom is 0.303 e. The van der Waals surface area contributed by atoms with Gasteiger partial charge in [0.25, 0.3) is 0 Å². The molecule has 0 aromatic carbocycles. The van der Waals surface area contributed by atoms with E-state index in [0.29, 0.717) is 21.7 Å². The van der Waals surface area contributed by atoms with E-state index in [2.05, 4.69) is 60.3 Å². The minimum Gasteiger partial charge on any atom is -0.481 e. The smallest absolute Gasteiger partial charge is 0.303 e. The van der Waals surface area contributed by atoms with Gasteiger partial charge >= 0.3 is 5.97 Å². The number of thiocarbonyl (C=S) groups is 2. The zero-order valence-corrected chi connectivity index (χ0v) is 11.6. The lowest BCUT2D eigenvalue weighted by atomic mass is 10.5. The zero-order valence-electron chi connectivity index (χ0n) is 8.19. The Balaban J connectivity index is 0. The normalized spacial score (nSPS) is 8.20. The second kappa shape index (κ2) is 12.0. The molecule has 0 bridgehead atoms. The minimum absolute atomic E-state index is 0.222. The average Bonchev–Trinajstić information content (AvgIpc) is 2.13. The fourth-order valence-corrected chi connectivity index (χ4v) is 0.767. The molecule has 0 rings (SSSR count). The van der Waals surface area contributed by atoms with Crippen LogP contribution < -0.4 is 10.6 Å². The van der Waals surface area contributed by atoms with Gasteiger partial charge in [0.2, 0.25) is 0 Å².